The highest BCUT2D eigenvalue weighted by Crippen LogP contribution is 2.30. The summed E-state index contributed by atoms with van der Waals surface area (Å²) in [5.41, 5.74) is 2.83. The van der Waals surface area contributed by atoms with Gasteiger partial charge in [0, 0.05) is 17.1 Å². The number of thiophene rings is 1. The standard InChI is InChI=1S/C20H23N3O2S2/c1-6-23-19(25)16-12(3)13(4)26-18(16)22-20(23)27-14(5)17(24)21-15-9-7-8-11(2)10-15/h7-10,14H,6H2,1-5H3,(H,21,24)/t14-/m1/s1. The van der Waals surface area contributed by atoms with E-state index in [0.717, 1.165) is 26.5 Å². The van der Waals surface area contributed by atoms with Crippen LogP contribution in [0, 0.1) is 20.8 Å². The molecule has 1 atom stereocenters. The van der Waals surface area contributed by atoms with Gasteiger partial charge in [-0.3, -0.25) is 14.2 Å². The van der Waals surface area contributed by atoms with E-state index in [-0.39, 0.29) is 16.7 Å². The summed E-state index contributed by atoms with van der Waals surface area (Å²) in [6.45, 7) is 10.2. The van der Waals surface area contributed by atoms with Crippen molar-refractivity contribution in [3.05, 3.63) is 50.6 Å². The van der Waals surface area contributed by atoms with Crippen LogP contribution in [0.2, 0.25) is 0 Å². The number of anilines is 1. The SMILES string of the molecule is CCn1c(S[C@H](C)C(=O)Nc2cccc(C)c2)nc2sc(C)c(C)c2c1=O. The Balaban J connectivity index is 1.89. The first-order valence-electron chi connectivity index (χ1n) is 8.86. The van der Waals surface area contributed by atoms with E-state index in [9.17, 15) is 9.59 Å². The number of aryl methyl sites for hydroxylation is 3. The maximum atomic E-state index is 12.9. The molecular weight excluding hydrogens is 378 g/mol. The summed E-state index contributed by atoms with van der Waals surface area (Å²) in [5.74, 6) is -0.110. The van der Waals surface area contributed by atoms with Crippen molar-refractivity contribution in [3.63, 3.8) is 0 Å². The molecule has 2 heterocycles. The van der Waals surface area contributed by atoms with Gasteiger partial charge in [0.1, 0.15) is 4.83 Å². The molecule has 1 aromatic carbocycles. The lowest BCUT2D eigenvalue weighted by Gasteiger charge is -2.15. The Kier molecular flexibility index (Phi) is 5.72. The number of amides is 1. The van der Waals surface area contributed by atoms with Crippen molar-refractivity contribution in [1.29, 1.82) is 0 Å². The van der Waals surface area contributed by atoms with Crippen LogP contribution in [-0.4, -0.2) is 20.7 Å². The van der Waals surface area contributed by atoms with Crippen molar-refractivity contribution in [1.82, 2.24) is 9.55 Å². The monoisotopic (exact) mass is 401 g/mol. The smallest absolute Gasteiger partial charge is 0.263 e. The van der Waals surface area contributed by atoms with Gasteiger partial charge in [0.05, 0.1) is 10.6 Å². The summed E-state index contributed by atoms with van der Waals surface area (Å²) >= 11 is 2.84. The minimum Gasteiger partial charge on any atom is -0.325 e. The summed E-state index contributed by atoms with van der Waals surface area (Å²) in [4.78, 5) is 32.0. The summed E-state index contributed by atoms with van der Waals surface area (Å²) in [6.07, 6.45) is 0. The van der Waals surface area contributed by atoms with Crippen molar-refractivity contribution < 1.29 is 4.79 Å². The fourth-order valence-corrected chi connectivity index (χ4v) is 4.90. The Hall–Kier alpha value is -2.12. The molecule has 5 nitrogen and oxygen atoms in total. The number of carbonyl (C=O) groups excluding carboxylic acids is 1. The second-order valence-electron chi connectivity index (χ2n) is 6.53. The molecule has 1 amide bonds. The Morgan fingerprint density at radius 1 is 1.33 bits per heavy atom. The molecule has 7 heteroatoms. The second kappa shape index (κ2) is 7.86. The zero-order valence-electron chi connectivity index (χ0n) is 16.1. The molecule has 3 aromatic rings. The molecule has 3 rings (SSSR count). The van der Waals surface area contributed by atoms with Crippen LogP contribution >= 0.6 is 23.1 Å². The molecular formula is C20H23N3O2S2. The summed E-state index contributed by atoms with van der Waals surface area (Å²) in [5, 5.41) is 3.83. The van der Waals surface area contributed by atoms with Gasteiger partial charge in [-0.25, -0.2) is 4.98 Å². The lowest BCUT2D eigenvalue weighted by atomic mass is 10.2. The topological polar surface area (TPSA) is 64.0 Å². The van der Waals surface area contributed by atoms with Gasteiger partial charge in [0.15, 0.2) is 5.16 Å². The van der Waals surface area contributed by atoms with Crippen molar-refractivity contribution in [3.8, 4) is 0 Å². The minimum atomic E-state index is -0.380. The van der Waals surface area contributed by atoms with Gasteiger partial charge in [0.2, 0.25) is 5.91 Å². The van der Waals surface area contributed by atoms with Gasteiger partial charge in [-0.2, -0.15) is 0 Å². The maximum absolute atomic E-state index is 12.9. The van der Waals surface area contributed by atoms with E-state index in [1.807, 2.05) is 58.9 Å². The van der Waals surface area contributed by atoms with E-state index in [2.05, 4.69) is 5.32 Å². The molecule has 2 aromatic heterocycles. The molecule has 0 saturated heterocycles. The molecule has 0 aliphatic rings. The number of fused-ring (bicyclic) bond motifs is 1. The van der Waals surface area contributed by atoms with Crippen LogP contribution in [0.15, 0.2) is 34.2 Å². The second-order valence-corrected chi connectivity index (χ2v) is 9.04. The summed E-state index contributed by atoms with van der Waals surface area (Å²) in [6, 6.07) is 7.69. The van der Waals surface area contributed by atoms with Gasteiger partial charge in [0.25, 0.3) is 5.56 Å². The fraction of sp³-hybridized carbons (Fsp3) is 0.350. The average Bonchev–Trinajstić information content (AvgIpc) is 2.89. The largest absolute Gasteiger partial charge is 0.325 e. The first-order valence-corrected chi connectivity index (χ1v) is 10.6. The number of nitrogens with zero attached hydrogens (tertiary/aromatic N) is 2. The van der Waals surface area contributed by atoms with Crippen LogP contribution in [0.3, 0.4) is 0 Å². The van der Waals surface area contributed by atoms with E-state index >= 15 is 0 Å². The highest BCUT2D eigenvalue weighted by molar-refractivity contribution is 8.00. The number of nitrogens with one attached hydrogen (secondary N) is 1. The highest BCUT2D eigenvalue weighted by Gasteiger charge is 2.21. The number of aromatic nitrogens is 2. The Bertz CT molecular complexity index is 1070. The van der Waals surface area contributed by atoms with E-state index in [1.54, 1.807) is 4.57 Å². The molecule has 0 bridgehead atoms. The van der Waals surface area contributed by atoms with Crippen molar-refractivity contribution >= 4 is 44.9 Å². The number of rotatable bonds is 5. The van der Waals surface area contributed by atoms with Crippen molar-refractivity contribution in [2.45, 2.75) is 51.6 Å². The number of carbonyl (C=O) groups is 1. The fourth-order valence-electron chi connectivity index (χ4n) is 2.86. The Morgan fingerprint density at radius 2 is 2.07 bits per heavy atom. The molecule has 1 N–H and O–H groups in total. The van der Waals surface area contributed by atoms with Crippen molar-refractivity contribution in [2.75, 3.05) is 5.32 Å². The van der Waals surface area contributed by atoms with Gasteiger partial charge in [-0.1, -0.05) is 23.9 Å². The zero-order valence-corrected chi connectivity index (χ0v) is 17.8. The molecule has 0 unspecified atom stereocenters. The van der Waals surface area contributed by atoms with Crippen LogP contribution in [-0.2, 0) is 11.3 Å². The van der Waals surface area contributed by atoms with E-state index in [0.29, 0.717) is 17.1 Å². The third kappa shape index (κ3) is 3.94. The molecule has 0 saturated carbocycles. The van der Waals surface area contributed by atoms with E-state index in [4.69, 9.17) is 4.98 Å². The minimum absolute atomic E-state index is 0.0295. The predicted molar refractivity (Wildman–Crippen MR) is 114 cm³/mol. The lowest BCUT2D eigenvalue weighted by molar-refractivity contribution is -0.115. The first kappa shape index (κ1) is 19.6. The normalized spacial score (nSPS) is 12.3. The van der Waals surface area contributed by atoms with Crippen LogP contribution in [0.25, 0.3) is 10.2 Å². The van der Waals surface area contributed by atoms with Gasteiger partial charge < -0.3 is 5.32 Å². The average molecular weight is 402 g/mol. The molecule has 0 spiro atoms. The van der Waals surface area contributed by atoms with E-state index in [1.165, 1.54) is 23.1 Å². The Labute approximate surface area is 166 Å². The van der Waals surface area contributed by atoms with Gasteiger partial charge in [-0.05, 0) is 57.9 Å². The molecule has 0 aliphatic heterocycles. The number of benzene rings is 1. The van der Waals surface area contributed by atoms with Crippen LogP contribution in [0.1, 0.15) is 29.9 Å². The first-order chi connectivity index (χ1) is 12.8. The molecule has 0 radical (unpaired) electrons. The van der Waals surface area contributed by atoms with Gasteiger partial charge in [-0.15, -0.1) is 11.3 Å². The highest BCUT2D eigenvalue weighted by atomic mass is 32.2. The van der Waals surface area contributed by atoms with Crippen LogP contribution in [0.4, 0.5) is 5.69 Å². The molecule has 27 heavy (non-hydrogen) atoms. The van der Waals surface area contributed by atoms with E-state index < -0.39 is 0 Å². The predicted octanol–water partition coefficient (Wildman–Crippen LogP) is 4.52. The third-order valence-electron chi connectivity index (χ3n) is 4.51. The lowest BCUT2D eigenvalue weighted by Crippen LogP contribution is -2.26. The number of thioether (sulfide) groups is 1. The number of hydrogen-bond acceptors (Lipinski definition) is 5. The molecule has 0 aliphatic carbocycles. The third-order valence-corrected chi connectivity index (χ3v) is 6.70. The van der Waals surface area contributed by atoms with Gasteiger partial charge >= 0.3 is 0 Å². The van der Waals surface area contributed by atoms with Crippen LogP contribution in [0.5, 0.6) is 0 Å². The molecule has 0 fully saturated rings. The summed E-state index contributed by atoms with van der Waals surface area (Å²) < 4.78 is 1.66. The molecule has 142 valence electrons. The summed E-state index contributed by atoms with van der Waals surface area (Å²) in [7, 11) is 0. The quantitative estimate of drug-likeness (QED) is 0.504. The Morgan fingerprint density at radius 3 is 2.74 bits per heavy atom. The number of hydrogen-bond donors (Lipinski definition) is 1. The zero-order chi connectivity index (χ0) is 19.7. The van der Waals surface area contributed by atoms with Crippen LogP contribution < -0.4 is 10.9 Å². The van der Waals surface area contributed by atoms with Crippen molar-refractivity contribution in [2.24, 2.45) is 0 Å². The maximum Gasteiger partial charge on any atom is 0.263 e.